The smallest absolute Gasteiger partial charge is 0.322 e. The Labute approximate surface area is 211 Å². The lowest BCUT2D eigenvalue weighted by Crippen LogP contribution is -2.57. The van der Waals surface area contributed by atoms with E-state index >= 15 is 0 Å². The number of benzene rings is 2. The number of amides is 3. The summed E-state index contributed by atoms with van der Waals surface area (Å²) in [6, 6.07) is 7.76. The van der Waals surface area contributed by atoms with Crippen LogP contribution in [-0.4, -0.2) is 74.8 Å². The lowest BCUT2D eigenvalue weighted by molar-refractivity contribution is -0.141. The van der Waals surface area contributed by atoms with Crippen molar-refractivity contribution in [2.75, 3.05) is 6.54 Å². The van der Waals surface area contributed by atoms with Crippen LogP contribution < -0.4 is 21.7 Å². The first kappa shape index (κ1) is 28.6. The van der Waals surface area contributed by atoms with Crippen LogP contribution >= 0.6 is 0 Å². The van der Waals surface area contributed by atoms with Crippen LogP contribution in [0.25, 0.3) is 0 Å². The number of aliphatic carboxylic acids is 2. The average molecular weight is 517 g/mol. The van der Waals surface area contributed by atoms with Gasteiger partial charge in [-0.1, -0.05) is 24.3 Å². The van der Waals surface area contributed by atoms with Crippen LogP contribution in [0.2, 0.25) is 0 Å². The van der Waals surface area contributed by atoms with Gasteiger partial charge in [0, 0.05) is 6.42 Å². The molecule has 0 bridgehead atoms. The highest BCUT2D eigenvalue weighted by atomic mass is 16.4. The Morgan fingerprint density at radius 3 is 1.65 bits per heavy atom. The Morgan fingerprint density at radius 2 is 1.16 bits per heavy atom. The van der Waals surface area contributed by atoms with Crippen molar-refractivity contribution >= 4 is 29.7 Å². The van der Waals surface area contributed by atoms with Crippen LogP contribution in [0.1, 0.15) is 17.5 Å². The molecule has 0 heterocycles. The van der Waals surface area contributed by atoms with Crippen LogP contribution in [0.5, 0.6) is 11.5 Å². The Morgan fingerprint density at radius 1 is 0.676 bits per heavy atom. The number of phenolic OH excluding ortho intramolecular Hbond substituents is 2. The van der Waals surface area contributed by atoms with Gasteiger partial charge in [-0.05, 0) is 41.8 Å². The van der Waals surface area contributed by atoms with E-state index in [-0.39, 0.29) is 24.3 Å². The zero-order valence-electron chi connectivity index (χ0n) is 19.6. The molecule has 0 aliphatic heterocycles. The van der Waals surface area contributed by atoms with Crippen molar-refractivity contribution in [2.24, 2.45) is 5.73 Å². The molecule has 13 heteroatoms. The monoisotopic (exact) mass is 516 g/mol. The van der Waals surface area contributed by atoms with E-state index < -0.39 is 60.8 Å². The maximum absolute atomic E-state index is 13.1. The van der Waals surface area contributed by atoms with Crippen molar-refractivity contribution in [1.29, 1.82) is 0 Å². The third kappa shape index (κ3) is 9.85. The number of carbonyl (C=O) groups is 5. The molecule has 0 spiro atoms. The predicted molar refractivity (Wildman–Crippen MR) is 128 cm³/mol. The zero-order chi connectivity index (χ0) is 27.5. The fraction of sp³-hybridized carbons (Fsp3) is 0.292. The maximum Gasteiger partial charge on any atom is 0.322 e. The first-order valence-corrected chi connectivity index (χ1v) is 11.1. The summed E-state index contributed by atoms with van der Waals surface area (Å²) in [6.07, 6.45) is -0.851. The summed E-state index contributed by atoms with van der Waals surface area (Å²) in [5.41, 5.74) is 7.17. The van der Waals surface area contributed by atoms with E-state index in [9.17, 15) is 34.2 Å². The highest BCUT2D eigenvalue weighted by molar-refractivity contribution is 5.95. The van der Waals surface area contributed by atoms with Crippen molar-refractivity contribution < 1.29 is 44.4 Å². The number of carbonyl (C=O) groups excluding carboxylic acids is 3. The van der Waals surface area contributed by atoms with Gasteiger partial charge in [0.05, 0.1) is 12.5 Å². The largest absolute Gasteiger partial charge is 0.508 e. The van der Waals surface area contributed by atoms with Gasteiger partial charge in [-0.25, -0.2) is 0 Å². The van der Waals surface area contributed by atoms with E-state index in [1.165, 1.54) is 36.4 Å². The number of nitrogens with two attached hydrogens (primary N) is 1. The molecule has 0 aliphatic carbocycles. The highest BCUT2D eigenvalue weighted by Gasteiger charge is 2.30. The molecule has 2 aromatic carbocycles. The van der Waals surface area contributed by atoms with Gasteiger partial charge in [0.15, 0.2) is 0 Å². The van der Waals surface area contributed by atoms with Gasteiger partial charge in [0.25, 0.3) is 0 Å². The molecule has 9 N–H and O–H groups in total. The predicted octanol–water partition coefficient (Wildman–Crippen LogP) is -1.14. The lowest BCUT2D eigenvalue weighted by Gasteiger charge is -2.24. The van der Waals surface area contributed by atoms with Crippen molar-refractivity contribution in [2.45, 2.75) is 37.4 Å². The topological polar surface area (TPSA) is 228 Å². The summed E-state index contributed by atoms with van der Waals surface area (Å²) in [4.78, 5) is 60.1. The number of carboxylic acid groups (broad SMARTS) is 2. The van der Waals surface area contributed by atoms with E-state index in [0.717, 1.165) is 0 Å². The Balaban J connectivity index is 2.19. The van der Waals surface area contributed by atoms with E-state index in [0.29, 0.717) is 11.1 Å². The molecular weight excluding hydrogens is 488 g/mol. The van der Waals surface area contributed by atoms with Gasteiger partial charge in [0.1, 0.15) is 30.1 Å². The Hall–Kier alpha value is -4.65. The number of hydrogen-bond acceptors (Lipinski definition) is 8. The van der Waals surface area contributed by atoms with E-state index in [4.69, 9.17) is 15.9 Å². The molecule has 3 unspecified atom stereocenters. The van der Waals surface area contributed by atoms with Crippen molar-refractivity contribution in [3.05, 3.63) is 59.7 Å². The summed E-state index contributed by atoms with van der Waals surface area (Å²) in [5.74, 6) is -5.43. The summed E-state index contributed by atoms with van der Waals surface area (Å²) in [6.45, 7) is -0.787. The second-order valence-corrected chi connectivity index (χ2v) is 8.18. The summed E-state index contributed by atoms with van der Waals surface area (Å²) in [7, 11) is 0. The second-order valence-electron chi connectivity index (χ2n) is 8.18. The third-order valence-corrected chi connectivity index (χ3v) is 5.16. The van der Waals surface area contributed by atoms with Crippen LogP contribution in [0.4, 0.5) is 0 Å². The molecular formula is C24H28N4O9. The molecule has 3 amide bonds. The van der Waals surface area contributed by atoms with Crippen molar-refractivity contribution in [3.8, 4) is 11.5 Å². The summed E-state index contributed by atoms with van der Waals surface area (Å²) >= 11 is 0. The van der Waals surface area contributed by atoms with Crippen molar-refractivity contribution in [3.63, 3.8) is 0 Å². The van der Waals surface area contributed by atoms with Gasteiger partial charge in [-0.2, -0.15) is 0 Å². The number of carboxylic acids is 2. The molecule has 0 aromatic heterocycles. The first-order chi connectivity index (χ1) is 17.4. The fourth-order valence-corrected chi connectivity index (χ4v) is 3.28. The minimum Gasteiger partial charge on any atom is -0.508 e. The molecule has 2 rings (SSSR count). The molecule has 0 saturated carbocycles. The number of nitrogens with one attached hydrogen (secondary N) is 3. The zero-order valence-corrected chi connectivity index (χ0v) is 19.6. The average Bonchev–Trinajstić information content (AvgIpc) is 2.83. The first-order valence-electron chi connectivity index (χ1n) is 11.1. The minimum atomic E-state index is -1.62. The van der Waals surface area contributed by atoms with Gasteiger partial charge < -0.3 is 42.1 Å². The fourth-order valence-electron chi connectivity index (χ4n) is 3.28. The second kappa shape index (κ2) is 13.4. The molecule has 13 nitrogen and oxygen atoms in total. The normalized spacial score (nSPS) is 13.0. The summed E-state index contributed by atoms with van der Waals surface area (Å²) < 4.78 is 0. The van der Waals surface area contributed by atoms with Crippen LogP contribution in [0.3, 0.4) is 0 Å². The molecule has 0 saturated heterocycles. The minimum absolute atomic E-state index is 0.0265. The molecule has 0 aliphatic rings. The standard InChI is InChI=1S/C24H28N4O9/c25-17(9-13-1-5-15(29)6-2-13)22(35)27-18(10-14-3-7-16(30)8-4-14)24(37)28-19(11-20(31)32)23(36)26-12-21(33)34/h1-8,17-19,29-30H,9-12,25H2,(H,26,36)(H,27,35)(H,28,37)(H,31,32)(H,33,34). The number of rotatable bonds is 13. The quantitative estimate of drug-likeness (QED) is 0.159. The Kier molecular flexibility index (Phi) is 10.4. The molecule has 37 heavy (non-hydrogen) atoms. The van der Waals surface area contributed by atoms with Crippen molar-refractivity contribution in [1.82, 2.24) is 16.0 Å². The molecule has 3 atom stereocenters. The molecule has 0 radical (unpaired) electrons. The Bertz CT molecular complexity index is 1120. The summed E-state index contributed by atoms with van der Waals surface area (Å²) in [5, 5.41) is 43.5. The van der Waals surface area contributed by atoms with Crippen LogP contribution in [0.15, 0.2) is 48.5 Å². The van der Waals surface area contributed by atoms with E-state index in [1.54, 1.807) is 12.1 Å². The maximum atomic E-state index is 13.1. The number of aromatic hydroxyl groups is 2. The molecule has 2 aromatic rings. The van der Waals surface area contributed by atoms with E-state index in [2.05, 4.69) is 10.6 Å². The number of phenols is 2. The molecule has 198 valence electrons. The van der Waals surface area contributed by atoms with Crippen LogP contribution in [0, 0.1) is 0 Å². The van der Waals surface area contributed by atoms with Gasteiger partial charge >= 0.3 is 11.9 Å². The third-order valence-electron chi connectivity index (χ3n) is 5.16. The SMILES string of the molecule is NC(Cc1ccc(O)cc1)C(=O)NC(Cc1ccc(O)cc1)C(=O)NC(CC(=O)O)C(=O)NCC(=O)O. The highest BCUT2D eigenvalue weighted by Crippen LogP contribution is 2.13. The van der Waals surface area contributed by atoms with Gasteiger partial charge in [0.2, 0.25) is 17.7 Å². The van der Waals surface area contributed by atoms with E-state index in [1.807, 2.05) is 5.32 Å². The van der Waals surface area contributed by atoms with Crippen LogP contribution in [-0.2, 0) is 36.8 Å². The van der Waals surface area contributed by atoms with Gasteiger partial charge in [-0.3, -0.25) is 24.0 Å². The van der Waals surface area contributed by atoms with Gasteiger partial charge in [-0.15, -0.1) is 0 Å². The number of hydrogen-bond donors (Lipinski definition) is 8. The lowest BCUT2D eigenvalue weighted by atomic mass is 10.0. The molecule has 0 fully saturated rings.